The number of allylic oxidation sites excluding steroid dienone is 5. The Labute approximate surface area is 234 Å². The van der Waals surface area contributed by atoms with Crippen molar-refractivity contribution in [1.29, 1.82) is 0 Å². The third kappa shape index (κ3) is 24.9. The van der Waals surface area contributed by atoms with Gasteiger partial charge in [0.1, 0.15) is 0 Å². The molecule has 0 fully saturated rings. The Kier molecular flexibility index (Phi) is 27.5. The molecule has 0 radical (unpaired) electrons. The van der Waals surface area contributed by atoms with Crippen LogP contribution in [0.3, 0.4) is 0 Å². The van der Waals surface area contributed by atoms with Crippen LogP contribution >= 0.6 is 0 Å². The van der Waals surface area contributed by atoms with Gasteiger partial charge in [-0.1, -0.05) is 115 Å². The minimum atomic E-state index is -0.951. The number of amides is 1. The van der Waals surface area contributed by atoms with Crippen LogP contribution in [0.25, 0.3) is 0 Å². The van der Waals surface area contributed by atoms with E-state index in [0.29, 0.717) is 6.42 Å². The van der Waals surface area contributed by atoms with Crippen LogP contribution in [-0.4, -0.2) is 46.1 Å². The summed E-state index contributed by atoms with van der Waals surface area (Å²) in [4.78, 5) is 12.3. The van der Waals surface area contributed by atoms with Gasteiger partial charge in [0.05, 0.1) is 31.3 Å². The lowest BCUT2D eigenvalue weighted by Gasteiger charge is -2.20. The highest BCUT2D eigenvalue weighted by molar-refractivity contribution is 5.76. The molecule has 0 aromatic rings. The molecular weight excluding hydrogens is 474 g/mol. The van der Waals surface area contributed by atoms with Crippen molar-refractivity contribution in [3.63, 3.8) is 0 Å². The van der Waals surface area contributed by atoms with Crippen LogP contribution in [0, 0.1) is 0 Å². The quantitative estimate of drug-likeness (QED) is 0.0641. The Balaban J connectivity index is 3.90. The van der Waals surface area contributed by atoms with Gasteiger partial charge in [-0.2, -0.15) is 0 Å². The third-order valence-electron chi connectivity index (χ3n) is 6.90. The van der Waals surface area contributed by atoms with Crippen molar-refractivity contribution in [2.45, 2.75) is 161 Å². The minimum Gasteiger partial charge on any atom is -0.394 e. The zero-order valence-electron chi connectivity index (χ0n) is 24.8. The number of carbonyl (C=O) groups excluding carboxylic acids is 1. The monoisotopic (exact) mass is 535 g/mol. The third-order valence-corrected chi connectivity index (χ3v) is 6.90. The highest BCUT2D eigenvalue weighted by atomic mass is 16.3. The maximum Gasteiger partial charge on any atom is 0.222 e. The number of hydrogen-bond acceptors (Lipinski definition) is 4. The van der Waals surface area contributed by atoms with Gasteiger partial charge in [0.25, 0.3) is 0 Å². The fourth-order valence-electron chi connectivity index (χ4n) is 4.40. The lowest BCUT2D eigenvalue weighted by Crippen LogP contribution is -2.45. The predicted molar refractivity (Wildman–Crippen MR) is 162 cm³/mol. The lowest BCUT2D eigenvalue weighted by atomic mass is 10.1. The molecule has 3 unspecified atom stereocenters. The second-order valence-corrected chi connectivity index (χ2v) is 10.7. The summed E-state index contributed by atoms with van der Waals surface area (Å²) >= 11 is 0. The van der Waals surface area contributed by atoms with E-state index in [1.807, 2.05) is 6.08 Å². The predicted octanol–water partition coefficient (Wildman–Crippen LogP) is 7.70. The smallest absolute Gasteiger partial charge is 0.222 e. The van der Waals surface area contributed by atoms with E-state index >= 15 is 0 Å². The first-order valence-electron chi connectivity index (χ1n) is 15.8. The molecule has 0 saturated heterocycles. The average Bonchev–Trinajstić information content (AvgIpc) is 2.90. The first kappa shape index (κ1) is 36.6. The van der Waals surface area contributed by atoms with Crippen LogP contribution in [0.2, 0.25) is 0 Å². The Morgan fingerprint density at radius 2 is 1.13 bits per heavy atom. The summed E-state index contributed by atoms with van der Waals surface area (Å²) < 4.78 is 0. The molecule has 5 heteroatoms. The molecule has 0 bridgehead atoms. The summed E-state index contributed by atoms with van der Waals surface area (Å²) in [6.45, 7) is 4.11. The Morgan fingerprint density at radius 3 is 1.74 bits per heavy atom. The molecule has 0 rings (SSSR count). The highest BCUT2D eigenvalue weighted by Gasteiger charge is 2.19. The lowest BCUT2D eigenvalue weighted by molar-refractivity contribution is -0.124. The van der Waals surface area contributed by atoms with Crippen molar-refractivity contribution < 1.29 is 20.1 Å². The van der Waals surface area contributed by atoms with Crippen molar-refractivity contribution in [3.05, 3.63) is 36.5 Å². The summed E-state index contributed by atoms with van der Waals surface area (Å²) in [5, 5.41) is 32.8. The van der Waals surface area contributed by atoms with Crippen LogP contribution in [0.1, 0.15) is 142 Å². The normalized spacial score (nSPS) is 14.6. The van der Waals surface area contributed by atoms with Gasteiger partial charge in [0.15, 0.2) is 0 Å². The second kappa shape index (κ2) is 28.6. The standard InChI is InChI=1S/C33H61NO4/c1-3-5-7-9-11-13-15-16-17-19-21-23-25-27-32(37)31(29-35)34-33(38)28-30(36)26-24-22-20-18-14-12-10-8-6-4-2/h12,14,17,19,25,27,30-32,35-37H,3-11,13,15-16,18,20-24,26,28-29H2,1-2H3,(H,34,38)/b14-12-,19-17+,27-25+. The summed E-state index contributed by atoms with van der Waals surface area (Å²) in [6, 6.07) is -0.761. The first-order valence-corrected chi connectivity index (χ1v) is 15.8. The SMILES string of the molecule is CCCCC/C=C\CCCCCC(O)CC(=O)NC(CO)C(O)/C=C/CC/C=C/CCCCCCCCC. The Bertz CT molecular complexity index is 602. The van der Waals surface area contributed by atoms with Crippen molar-refractivity contribution >= 4 is 5.91 Å². The molecule has 3 atom stereocenters. The molecule has 0 aromatic heterocycles. The van der Waals surface area contributed by atoms with E-state index in [1.54, 1.807) is 6.08 Å². The zero-order chi connectivity index (χ0) is 28.1. The molecule has 0 aliphatic heterocycles. The summed E-state index contributed by atoms with van der Waals surface area (Å²) in [5.41, 5.74) is 0. The summed E-state index contributed by atoms with van der Waals surface area (Å²) in [6.07, 6.45) is 32.6. The molecule has 0 heterocycles. The molecule has 0 saturated carbocycles. The number of aliphatic hydroxyl groups is 3. The number of rotatable bonds is 27. The maximum absolute atomic E-state index is 12.3. The molecule has 1 amide bonds. The van der Waals surface area contributed by atoms with E-state index < -0.39 is 18.2 Å². The maximum atomic E-state index is 12.3. The largest absolute Gasteiger partial charge is 0.394 e. The van der Waals surface area contributed by atoms with Crippen LogP contribution in [-0.2, 0) is 4.79 Å². The summed E-state index contributed by atoms with van der Waals surface area (Å²) in [5.74, 6) is -0.340. The first-order chi connectivity index (χ1) is 18.5. The number of unbranched alkanes of at least 4 members (excludes halogenated alkanes) is 14. The molecule has 5 nitrogen and oxygen atoms in total. The van der Waals surface area contributed by atoms with Crippen LogP contribution < -0.4 is 5.32 Å². The van der Waals surface area contributed by atoms with Crippen molar-refractivity contribution in [3.8, 4) is 0 Å². The molecule has 4 N–H and O–H groups in total. The van der Waals surface area contributed by atoms with E-state index in [9.17, 15) is 20.1 Å². The van der Waals surface area contributed by atoms with Gasteiger partial charge in [0.2, 0.25) is 5.91 Å². The zero-order valence-corrected chi connectivity index (χ0v) is 24.8. The van der Waals surface area contributed by atoms with Crippen molar-refractivity contribution in [1.82, 2.24) is 5.32 Å². The van der Waals surface area contributed by atoms with E-state index in [0.717, 1.165) is 51.4 Å². The topological polar surface area (TPSA) is 89.8 Å². The van der Waals surface area contributed by atoms with Crippen LogP contribution in [0.5, 0.6) is 0 Å². The van der Waals surface area contributed by atoms with E-state index in [-0.39, 0.29) is 18.9 Å². The van der Waals surface area contributed by atoms with Crippen molar-refractivity contribution in [2.24, 2.45) is 0 Å². The molecule has 222 valence electrons. The summed E-state index contributed by atoms with van der Waals surface area (Å²) in [7, 11) is 0. The number of nitrogens with one attached hydrogen (secondary N) is 1. The molecule has 0 spiro atoms. The molecule has 0 aliphatic carbocycles. The van der Waals surface area contributed by atoms with Gasteiger partial charge < -0.3 is 20.6 Å². The molecule has 0 aliphatic rings. The van der Waals surface area contributed by atoms with Gasteiger partial charge in [-0.25, -0.2) is 0 Å². The van der Waals surface area contributed by atoms with Gasteiger partial charge in [0, 0.05) is 0 Å². The molecular formula is C33H61NO4. The molecule has 38 heavy (non-hydrogen) atoms. The number of carbonyl (C=O) groups is 1. The van der Waals surface area contributed by atoms with Crippen LogP contribution in [0.4, 0.5) is 0 Å². The number of aliphatic hydroxyl groups excluding tert-OH is 3. The minimum absolute atomic E-state index is 0.00615. The fourth-order valence-corrected chi connectivity index (χ4v) is 4.40. The number of hydrogen-bond donors (Lipinski definition) is 4. The van der Waals surface area contributed by atoms with E-state index in [1.165, 1.54) is 64.2 Å². The van der Waals surface area contributed by atoms with E-state index in [4.69, 9.17) is 0 Å². The van der Waals surface area contributed by atoms with Gasteiger partial charge in [-0.3, -0.25) is 4.79 Å². The Morgan fingerprint density at radius 1 is 0.658 bits per heavy atom. The molecule has 0 aromatic carbocycles. The van der Waals surface area contributed by atoms with Crippen LogP contribution in [0.15, 0.2) is 36.5 Å². The van der Waals surface area contributed by atoms with E-state index in [2.05, 4.69) is 43.5 Å². The fraction of sp³-hybridized carbons (Fsp3) is 0.788. The highest BCUT2D eigenvalue weighted by Crippen LogP contribution is 2.11. The van der Waals surface area contributed by atoms with Gasteiger partial charge in [-0.05, 0) is 57.8 Å². The Hall–Kier alpha value is -1.43. The average molecular weight is 536 g/mol. The van der Waals surface area contributed by atoms with Crippen molar-refractivity contribution in [2.75, 3.05) is 6.61 Å². The van der Waals surface area contributed by atoms with Gasteiger partial charge in [-0.15, -0.1) is 0 Å². The van der Waals surface area contributed by atoms with Gasteiger partial charge >= 0.3 is 0 Å². The second-order valence-electron chi connectivity index (χ2n) is 10.7.